The van der Waals surface area contributed by atoms with Crippen molar-refractivity contribution in [1.82, 2.24) is 5.32 Å². The van der Waals surface area contributed by atoms with E-state index in [4.69, 9.17) is 4.74 Å². The SMILES string of the molecule is O=C(COCc1ccccc1)NCC1(O)CCCCCC1. The van der Waals surface area contributed by atoms with E-state index < -0.39 is 5.60 Å². The molecule has 1 saturated carbocycles. The number of hydrogen-bond donors (Lipinski definition) is 2. The van der Waals surface area contributed by atoms with Crippen LogP contribution in [-0.4, -0.2) is 29.8 Å². The molecule has 0 radical (unpaired) electrons. The monoisotopic (exact) mass is 291 g/mol. The molecule has 0 atom stereocenters. The lowest BCUT2D eigenvalue weighted by molar-refractivity contribution is -0.127. The quantitative estimate of drug-likeness (QED) is 0.791. The van der Waals surface area contributed by atoms with Crippen LogP contribution >= 0.6 is 0 Å². The van der Waals surface area contributed by atoms with Crippen LogP contribution in [0.3, 0.4) is 0 Å². The third kappa shape index (κ3) is 5.86. The van der Waals surface area contributed by atoms with Gasteiger partial charge in [-0.2, -0.15) is 0 Å². The third-order valence-electron chi connectivity index (χ3n) is 3.99. The number of aliphatic hydroxyl groups is 1. The van der Waals surface area contributed by atoms with Crippen molar-refractivity contribution in [2.45, 2.75) is 50.7 Å². The molecule has 1 aliphatic rings. The zero-order valence-corrected chi connectivity index (χ0v) is 12.5. The van der Waals surface area contributed by atoms with Crippen LogP contribution in [-0.2, 0) is 16.1 Å². The maximum atomic E-state index is 11.8. The van der Waals surface area contributed by atoms with Crippen LogP contribution in [0.1, 0.15) is 44.1 Å². The number of benzene rings is 1. The lowest BCUT2D eigenvalue weighted by Crippen LogP contribution is -2.43. The number of ether oxygens (including phenoxy) is 1. The maximum absolute atomic E-state index is 11.8. The van der Waals surface area contributed by atoms with Gasteiger partial charge in [-0.15, -0.1) is 0 Å². The summed E-state index contributed by atoms with van der Waals surface area (Å²) in [4.78, 5) is 11.8. The van der Waals surface area contributed by atoms with Gasteiger partial charge in [0.1, 0.15) is 6.61 Å². The first kappa shape index (κ1) is 16.0. The first-order chi connectivity index (χ1) is 10.2. The van der Waals surface area contributed by atoms with Crippen molar-refractivity contribution >= 4 is 5.91 Å². The van der Waals surface area contributed by atoms with E-state index in [0.717, 1.165) is 31.2 Å². The minimum absolute atomic E-state index is 0.0327. The van der Waals surface area contributed by atoms with Gasteiger partial charge in [-0.25, -0.2) is 0 Å². The van der Waals surface area contributed by atoms with Crippen molar-refractivity contribution in [1.29, 1.82) is 0 Å². The van der Waals surface area contributed by atoms with E-state index in [1.807, 2.05) is 30.3 Å². The molecule has 0 heterocycles. The van der Waals surface area contributed by atoms with Gasteiger partial charge < -0.3 is 15.2 Å². The van der Waals surface area contributed by atoms with E-state index in [-0.39, 0.29) is 12.5 Å². The van der Waals surface area contributed by atoms with E-state index in [0.29, 0.717) is 13.2 Å². The fourth-order valence-corrected chi connectivity index (χ4v) is 2.71. The Bertz CT molecular complexity index is 425. The third-order valence-corrected chi connectivity index (χ3v) is 3.99. The molecule has 2 N–H and O–H groups in total. The van der Waals surface area contributed by atoms with Crippen LogP contribution in [0.4, 0.5) is 0 Å². The largest absolute Gasteiger partial charge is 0.388 e. The first-order valence-electron chi connectivity index (χ1n) is 7.79. The summed E-state index contributed by atoms with van der Waals surface area (Å²) in [5.41, 5.74) is 0.318. The van der Waals surface area contributed by atoms with Crippen LogP contribution in [0.15, 0.2) is 30.3 Å². The van der Waals surface area contributed by atoms with E-state index in [1.54, 1.807) is 0 Å². The van der Waals surface area contributed by atoms with Gasteiger partial charge in [-0.1, -0.05) is 56.0 Å². The van der Waals surface area contributed by atoms with Gasteiger partial charge in [0.15, 0.2) is 0 Å². The molecule has 1 fully saturated rings. The smallest absolute Gasteiger partial charge is 0.246 e. The van der Waals surface area contributed by atoms with Gasteiger partial charge in [0.25, 0.3) is 0 Å². The Balaban J connectivity index is 1.65. The summed E-state index contributed by atoms with van der Waals surface area (Å²) in [6.45, 7) is 0.796. The lowest BCUT2D eigenvalue weighted by atomic mass is 9.94. The molecule has 0 aliphatic heterocycles. The highest BCUT2D eigenvalue weighted by molar-refractivity contribution is 5.77. The van der Waals surface area contributed by atoms with Gasteiger partial charge in [0.05, 0.1) is 12.2 Å². The van der Waals surface area contributed by atoms with Crippen molar-refractivity contribution < 1.29 is 14.6 Å². The van der Waals surface area contributed by atoms with Gasteiger partial charge >= 0.3 is 0 Å². The standard InChI is InChI=1S/C17H25NO3/c19-16(13-21-12-15-8-4-3-5-9-15)18-14-17(20)10-6-1-2-7-11-17/h3-5,8-9,20H,1-2,6-7,10-14H2,(H,18,19). The molecule has 0 bridgehead atoms. The molecule has 0 spiro atoms. The molecular weight excluding hydrogens is 266 g/mol. The first-order valence-corrected chi connectivity index (χ1v) is 7.79. The highest BCUT2D eigenvalue weighted by atomic mass is 16.5. The van der Waals surface area contributed by atoms with Crippen molar-refractivity contribution in [3.05, 3.63) is 35.9 Å². The number of hydrogen-bond acceptors (Lipinski definition) is 3. The Morgan fingerprint density at radius 2 is 1.81 bits per heavy atom. The molecule has 2 rings (SSSR count). The van der Waals surface area contributed by atoms with E-state index in [9.17, 15) is 9.90 Å². The Hall–Kier alpha value is -1.39. The second-order valence-corrected chi connectivity index (χ2v) is 5.89. The normalized spacial score (nSPS) is 18.0. The van der Waals surface area contributed by atoms with Crippen LogP contribution in [0, 0.1) is 0 Å². The molecule has 0 saturated heterocycles. The fourth-order valence-electron chi connectivity index (χ4n) is 2.71. The number of carbonyl (C=O) groups excluding carboxylic acids is 1. The molecule has 4 nitrogen and oxygen atoms in total. The van der Waals surface area contributed by atoms with Gasteiger partial charge in [-0.3, -0.25) is 4.79 Å². The van der Waals surface area contributed by atoms with E-state index in [2.05, 4.69) is 5.32 Å². The average Bonchev–Trinajstić information content (AvgIpc) is 2.72. The zero-order valence-electron chi connectivity index (χ0n) is 12.5. The summed E-state index contributed by atoms with van der Waals surface area (Å²) < 4.78 is 5.39. The van der Waals surface area contributed by atoms with Crippen molar-refractivity contribution in [2.75, 3.05) is 13.2 Å². The van der Waals surface area contributed by atoms with Crippen LogP contribution in [0.2, 0.25) is 0 Å². The van der Waals surface area contributed by atoms with E-state index >= 15 is 0 Å². The highest BCUT2D eigenvalue weighted by Crippen LogP contribution is 2.26. The molecule has 1 aliphatic carbocycles. The van der Waals surface area contributed by atoms with Crippen LogP contribution < -0.4 is 5.32 Å². The molecule has 1 aromatic rings. The predicted octanol–water partition coefficient (Wildman–Crippen LogP) is 2.40. The predicted molar refractivity (Wildman–Crippen MR) is 81.8 cm³/mol. The highest BCUT2D eigenvalue weighted by Gasteiger charge is 2.28. The Labute approximate surface area is 126 Å². The second-order valence-electron chi connectivity index (χ2n) is 5.89. The second kappa shape index (κ2) is 8.15. The number of carbonyl (C=O) groups is 1. The zero-order chi connectivity index (χ0) is 15.0. The molecule has 0 aromatic heterocycles. The van der Waals surface area contributed by atoms with Crippen molar-refractivity contribution in [3.63, 3.8) is 0 Å². The minimum Gasteiger partial charge on any atom is -0.388 e. The van der Waals surface area contributed by atoms with Crippen molar-refractivity contribution in [2.24, 2.45) is 0 Å². The number of nitrogens with one attached hydrogen (secondary N) is 1. The molecule has 1 aromatic carbocycles. The van der Waals surface area contributed by atoms with E-state index in [1.165, 1.54) is 12.8 Å². The molecular formula is C17H25NO3. The Kier molecular flexibility index (Phi) is 6.21. The minimum atomic E-state index is -0.731. The van der Waals surface area contributed by atoms with Gasteiger partial charge in [0.2, 0.25) is 5.91 Å². The summed E-state index contributed by atoms with van der Waals surface area (Å²) >= 11 is 0. The number of rotatable bonds is 6. The summed E-state index contributed by atoms with van der Waals surface area (Å²) in [6.07, 6.45) is 5.98. The summed E-state index contributed by atoms with van der Waals surface area (Å²) in [6, 6.07) is 9.77. The van der Waals surface area contributed by atoms with Crippen LogP contribution in [0.25, 0.3) is 0 Å². The summed E-state index contributed by atoms with van der Waals surface area (Å²) in [5, 5.41) is 13.2. The Morgan fingerprint density at radius 1 is 1.14 bits per heavy atom. The topological polar surface area (TPSA) is 58.6 Å². The van der Waals surface area contributed by atoms with Gasteiger partial charge in [-0.05, 0) is 18.4 Å². The molecule has 0 unspecified atom stereocenters. The molecule has 21 heavy (non-hydrogen) atoms. The fraction of sp³-hybridized carbons (Fsp3) is 0.588. The van der Waals surface area contributed by atoms with Crippen LogP contribution in [0.5, 0.6) is 0 Å². The lowest BCUT2D eigenvalue weighted by Gasteiger charge is -2.26. The molecule has 1 amide bonds. The van der Waals surface area contributed by atoms with Gasteiger partial charge in [0, 0.05) is 6.54 Å². The summed E-state index contributed by atoms with van der Waals surface area (Å²) in [5.74, 6) is -0.163. The molecule has 4 heteroatoms. The van der Waals surface area contributed by atoms with Crippen molar-refractivity contribution in [3.8, 4) is 0 Å². The average molecular weight is 291 g/mol. The maximum Gasteiger partial charge on any atom is 0.246 e. The molecule has 116 valence electrons. The Morgan fingerprint density at radius 3 is 2.48 bits per heavy atom. The number of amides is 1. The summed E-state index contributed by atoms with van der Waals surface area (Å²) in [7, 11) is 0.